The molecule has 0 amide bonds. The molecule has 106 valence electrons. The van der Waals surface area contributed by atoms with Crippen molar-refractivity contribution in [1.29, 1.82) is 0 Å². The fourth-order valence-electron chi connectivity index (χ4n) is 3.27. The summed E-state index contributed by atoms with van der Waals surface area (Å²) in [7, 11) is 0. The molecule has 2 fully saturated rings. The van der Waals surface area contributed by atoms with Crippen LogP contribution in [0.15, 0.2) is 6.33 Å². The normalized spacial score (nSPS) is 31.3. The van der Waals surface area contributed by atoms with Crippen LogP contribution in [0.25, 0.3) is 0 Å². The van der Waals surface area contributed by atoms with Gasteiger partial charge in [-0.15, -0.1) is 0 Å². The molecule has 1 saturated heterocycles. The van der Waals surface area contributed by atoms with E-state index in [-0.39, 0.29) is 5.41 Å². The van der Waals surface area contributed by atoms with Crippen molar-refractivity contribution in [3.8, 4) is 0 Å². The third-order valence-corrected chi connectivity index (χ3v) is 5.58. The van der Waals surface area contributed by atoms with E-state index >= 15 is 0 Å². The molecule has 1 aromatic rings. The standard InChI is InChI=1S/C14H22BrN3O/c1-10(2)18-12(16-9-17-18)7-14(8-15)5-6-19-13(14)11-3-4-11/h9-11,13H,3-8H2,1-2H3. The SMILES string of the molecule is CC(C)n1ncnc1CC1(CBr)CCOC1C1CC1. The summed E-state index contributed by atoms with van der Waals surface area (Å²) in [5.74, 6) is 1.88. The molecular formula is C14H22BrN3O. The first-order chi connectivity index (χ1) is 9.16. The van der Waals surface area contributed by atoms with Crippen LogP contribution >= 0.6 is 15.9 Å². The Morgan fingerprint density at radius 3 is 2.95 bits per heavy atom. The lowest BCUT2D eigenvalue weighted by Gasteiger charge is -2.32. The van der Waals surface area contributed by atoms with Crippen LogP contribution < -0.4 is 0 Å². The molecule has 0 spiro atoms. The van der Waals surface area contributed by atoms with E-state index in [9.17, 15) is 0 Å². The number of ether oxygens (including phenoxy) is 1. The van der Waals surface area contributed by atoms with Gasteiger partial charge in [0.25, 0.3) is 0 Å². The van der Waals surface area contributed by atoms with Gasteiger partial charge in [-0.05, 0) is 39.0 Å². The maximum absolute atomic E-state index is 6.05. The fourth-order valence-corrected chi connectivity index (χ4v) is 4.07. The lowest BCUT2D eigenvalue weighted by molar-refractivity contribution is 0.0400. The van der Waals surface area contributed by atoms with Crippen molar-refractivity contribution >= 4 is 15.9 Å². The minimum absolute atomic E-state index is 0.209. The van der Waals surface area contributed by atoms with Crippen LogP contribution in [0.2, 0.25) is 0 Å². The third-order valence-electron chi connectivity index (χ3n) is 4.46. The molecule has 0 radical (unpaired) electrons. The van der Waals surface area contributed by atoms with E-state index in [0.29, 0.717) is 12.1 Å². The summed E-state index contributed by atoms with van der Waals surface area (Å²) >= 11 is 3.74. The zero-order chi connectivity index (χ0) is 13.5. The molecule has 1 saturated carbocycles. The van der Waals surface area contributed by atoms with E-state index in [1.54, 1.807) is 6.33 Å². The van der Waals surface area contributed by atoms with Crippen molar-refractivity contribution < 1.29 is 4.74 Å². The minimum atomic E-state index is 0.209. The molecule has 1 aliphatic carbocycles. The topological polar surface area (TPSA) is 39.9 Å². The fraction of sp³-hybridized carbons (Fsp3) is 0.857. The van der Waals surface area contributed by atoms with E-state index in [0.717, 1.165) is 36.5 Å². The van der Waals surface area contributed by atoms with Gasteiger partial charge in [0.2, 0.25) is 0 Å². The molecule has 1 aromatic heterocycles. The Hall–Kier alpha value is -0.420. The van der Waals surface area contributed by atoms with Crippen LogP contribution in [0, 0.1) is 11.3 Å². The lowest BCUT2D eigenvalue weighted by Crippen LogP contribution is -2.37. The van der Waals surface area contributed by atoms with Gasteiger partial charge in [-0.2, -0.15) is 5.10 Å². The van der Waals surface area contributed by atoms with Gasteiger partial charge in [-0.3, -0.25) is 0 Å². The molecule has 5 heteroatoms. The minimum Gasteiger partial charge on any atom is -0.377 e. The largest absolute Gasteiger partial charge is 0.377 e. The summed E-state index contributed by atoms with van der Waals surface area (Å²) in [4.78, 5) is 4.48. The summed E-state index contributed by atoms with van der Waals surface area (Å²) in [5, 5.41) is 5.35. The zero-order valence-electron chi connectivity index (χ0n) is 11.7. The number of hydrogen-bond acceptors (Lipinski definition) is 3. The second-order valence-corrected chi connectivity index (χ2v) is 6.83. The molecule has 4 nitrogen and oxygen atoms in total. The lowest BCUT2D eigenvalue weighted by atomic mass is 9.77. The number of hydrogen-bond donors (Lipinski definition) is 0. The number of nitrogens with zero attached hydrogens (tertiary/aromatic N) is 3. The second kappa shape index (κ2) is 5.17. The van der Waals surface area contributed by atoms with Crippen molar-refractivity contribution in [2.75, 3.05) is 11.9 Å². The summed E-state index contributed by atoms with van der Waals surface area (Å²) < 4.78 is 8.09. The third kappa shape index (κ3) is 2.47. The molecule has 0 aromatic carbocycles. The quantitative estimate of drug-likeness (QED) is 0.780. The predicted molar refractivity (Wildman–Crippen MR) is 77.4 cm³/mol. The van der Waals surface area contributed by atoms with E-state index in [1.165, 1.54) is 12.8 Å². The van der Waals surface area contributed by atoms with Gasteiger partial charge in [0.15, 0.2) is 0 Å². The molecule has 0 bridgehead atoms. The molecule has 2 heterocycles. The van der Waals surface area contributed by atoms with Gasteiger partial charge in [-0.1, -0.05) is 15.9 Å². The van der Waals surface area contributed by atoms with Crippen LogP contribution in [0.3, 0.4) is 0 Å². The number of halogens is 1. The van der Waals surface area contributed by atoms with E-state index in [4.69, 9.17) is 4.74 Å². The number of rotatable bonds is 5. The molecule has 2 aliphatic rings. The highest BCUT2D eigenvalue weighted by molar-refractivity contribution is 9.09. The van der Waals surface area contributed by atoms with Gasteiger partial charge in [0, 0.05) is 29.8 Å². The van der Waals surface area contributed by atoms with E-state index in [1.807, 2.05) is 4.68 Å². The highest BCUT2D eigenvalue weighted by atomic mass is 79.9. The molecular weight excluding hydrogens is 306 g/mol. The molecule has 19 heavy (non-hydrogen) atoms. The molecule has 2 atom stereocenters. The first-order valence-electron chi connectivity index (χ1n) is 7.22. The van der Waals surface area contributed by atoms with Gasteiger partial charge < -0.3 is 4.74 Å². The summed E-state index contributed by atoms with van der Waals surface area (Å²) in [5.41, 5.74) is 0.209. The Kier molecular flexibility index (Phi) is 3.69. The van der Waals surface area contributed by atoms with Crippen molar-refractivity contribution in [2.45, 2.75) is 51.7 Å². The van der Waals surface area contributed by atoms with Crippen molar-refractivity contribution in [1.82, 2.24) is 14.8 Å². The van der Waals surface area contributed by atoms with E-state index in [2.05, 4.69) is 39.9 Å². The summed E-state index contributed by atoms with van der Waals surface area (Å²) in [6.45, 7) is 5.20. The van der Waals surface area contributed by atoms with Crippen molar-refractivity contribution in [3.63, 3.8) is 0 Å². The average Bonchev–Trinajstić information content (AvgIpc) is 2.98. The number of alkyl halides is 1. The van der Waals surface area contributed by atoms with Gasteiger partial charge >= 0.3 is 0 Å². The molecule has 1 aliphatic heterocycles. The van der Waals surface area contributed by atoms with Crippen LogP contribution in [-0.2, 0) is 11.2 Å². The van der Waals surface area contributed by atoms with Gasteiger partial charge in [0.1, 0.15) is 12.2 Å². The van der Waals surface area contributed by atoms with Crippen molar-refractivity contribution in [3.05, 3.63) is 12.2 Å². The zero-order valence-corrected chi connectivity index (χ0v) is 13.3. The maximum atomic E-state index is 6.05. The number of aromatic nitrogens is 3. The Balaban J connectivity index is 1.84. The van der Waals surface area contributed by atoms with Gasteiger partial charge in [-0.25, -0.2) is 9.67 Å². The predicted octanol–water partition coefficient (Wildman–Crippen LogP) is 2.98. The Morgan fingerprint density at radius 2 is 2.32 bits per heavy atom. The Bertz CT molecular complexity index is 444. The van der Waals surface area contributed by atoms with Crippen LogP contribution in [0.4, 0.5) is 0 Å². The molecule has 3 rings (SSSR count). The smallest absolute Gasteiger partial charge is 0.138 e. The highest BCUT2D eigenvalue weighted by Crippen LogP contribution is 2.50. The van der Waals surface area contributed by atoms with Gasteiger partial charge in [0.05, 0.1) is 6.10 Å². The Labute approximate surface area is 123 Å². The monoisotopic (exact) mass is 327 g/mol. The molecule has 0 N–H and O–H groups in total. The summed E-state index contributed by atoms with van der Waals surface area (Å²) in [6.07, 6.45) is 6.84. The average molecular weight is 328 g/mol. The Morgan fingerprint density at radius 1 is 1.53 bits per heavy atom. The first-order valence-corrected chi connectivity index (χ1v) is 8.34. The molecule has 2 unspecified atom stereocenters. The van der Waals surface area contributed by atoms with E-state index < -0.39 is 0 Å². The second-order valence-electron chi connectivity index (χ2n) is 6.27. The van der Waals surface area contributed by atoms with Crippen molar-refractivity contribution in [2.24, 2.45) is 11.3 Å². The first kappa shape index (κ1) is 13.6. The van der Waals surface area contributed by atoms with Crippen LogP contribution in [0.5, 0.6) is 0 Å². The van der Waals surface area contributed by atoms with Crippen LogP contribution in [-0.4, -0.2) is 32.8 Å². The maximum Gasteiger partial charge on any atom is 0.138 e. The highest BCUT2D eigenvalue weighted by Gasteiger charge is 2.50. The van der Waals surface area contributed by atoms with Crippen LogP contribution in [0.1, 0.15) is 45.0 Å². The summed E-state index contributed by atoms with van der Waals surface area (Å²) in [6, 6.07) is 0.367.